The second kappa shape index (κ2) is 7.54. The minimum atomic E-state index is -0.692. The Labute approximate surface area is 170 Å². The molecule has 0 saturated carbocycles. The first-order valence-electron chi connectivity index (χ1n) is 10.2. The highest BCUT2D eigenvalue weighted by atomic mass is 16.3. The van der Waals surface area contributed by atoms with Crippen LogP contribution in [0.15, 0.2) is 59.4 Å². The Morgan fingerprint density at radius 2 is 1.90 bits per heavy atom. The van der Waals surface area contributed by atoms with E-state index in [0.717, 1.165) is 18.4 Å². The highest BCUT2D eigenvalue weighted by molar-refractivity contribution is 6.27. The number of carbonyl (C=O) groups is 2. The van der Waals surface area contributed by atoms with Crippen molar-refractivity contribution in [2.45, 2.75) is 39.2 Å². The number of Topliss-reactive ketones (excluding diaryl/α,β-unsaturated/α-hetero) is 1. The molecule has 0 unspecified atom stereocenters. The number of hydrogen-bond donors (Lipinski definition) is 3. The number of nitrogens with one attached hydrogen (secondary N) is 1. The zero-order valence-corrected chi connectivity index (χ0v) is 16.8. The van der Waals surface area contributed by atoms with Gasteiger partial charge in [-0.05, 0) is 55.2 Å². The number of phenolic OH excluding ortho intramolecular Hbond substituents is 1. The normalized spacial score (nSPS) is 33.2. The van der Waals surface area contributed by atoms with Crippen LogP contribution in [0.5, 0.6) is 5.75 Å². The van der Waals surface area contributed by atoms with E-state index in [1.807, 2.05) is 6.92 Å². The zero-order valence-electron chi connectivity index (χ0n) is 16.8. The van der Waals surface area contributed by atoms with Crippen LogP contribution in [0.1, 0.15) is 32.3 Å². The van der Waals surface area contributed by atoms with Crippen molar-refractivity contribution in [1.29, 1.82) is 0 Å². The van der Waals surface area contributed by atoms with Crippen molar-refractivity contribution in [3.05, 3.63) is 65.0 Å². The number of phenols is 1. The van der Waals surface area contributed by atoms with Crippen molar-refractivity contribution in [3.8, 4) is 5.75 Å². The monoisotopic (exact) mass is 393 g/mol. The van der Waals surface area contributed by atoms with E-state index in [2.05, 4.69) is 30.5 Å². The van der Waals surface area contributed by atoms with Gasteiger partial charge < -0.3 is 15.5 Å². The summed E-state index contributed by atoms with van der Waals surface area (Å²) in [5.41, 5.74) is 2.11. The summed E-state index contributed by atoms with van der Waals surface area (Å²) in [6, 6.07) is 5.87. The molecule has 0 bridgehead atoms. The van der Waals surface area contributed by atoms with Gasteiger partial charge >= 0.3 is 0 Å². The number of carbonyl (C=O) groups excluding carboxylic acids is 2. The molecule has 1 aliphatic heterocycles. The maximum absolute atomic E-state index is 13.0. The molecule has 5 nitrogen and oxygen atoms in total. The number of aromatic hydroxyl groups is 1. The van der Waals surface area contributed by atoms with Crippen LogP contribution >= 0.6 is 0 Å². The molecule has 0 spiro atoms. The van der Waals surface area contributed by atoms with E-state index in [4.69, 9.17) is 0 Å². The summed E-state index contributed by atoms with van der Waals surface area (Å²) < 4.78 is 0. The standard InChI is InChI=1S/C24H27NO4/c1-13-3-10-18-16(11-13)7-4-14(2)20(18)23(28)21-22(27)19(25-24(21)29)12-15-5-8-17(26)9-6-15/h3-9,14,16,18-20,26,28H,10-12H2,1-2H3,(H,25,29)/t14-,16-,18-,19-,20-/m1/s1. The Hall–Kier alpha value is -2.82. The Kier molecular flexibility index (Phi) is 5.07. The third-order valence-electron chi connectivity index (χ3n) is 6.58. The second-order valence-corrected chi connectivity index (χ2v) is 8.61. The smallest absolute Gasteiger partial charge is 0.259 e. The molecule has 0 radical (unpaired) electrons. The summed E-state index contributed by atoms with van der Waals surface area (Å²) in [5.74, 6) is -0.378. The number of rotatable bonds is 3. The molecule has 5 heteroatoms. The Morgan fingerprint density at radius 3 is 2.62 bits per heavy atom. The summed E-state index contributed by atoms with van der Waals surface area (Å²) in [6.45, 7) is 4.15. The van der Waals surface area contributed by atoms with Crippen molar-refractivity contribution < 1.29 is 19.8 Å². The fourth-order valence-corrected chi connectivity index (χ4v) is 5.02. The minimum Gasteiger partial charge on any atom is -0.511 e. The molecule has 1 fully saturated rings. The lowest BCUT2D eigenvalue weighted by Gasteiger charge is -2.40. The van der Waals surface area contributed by atoms with Crippen LogP contribution < -0.4 is 5.32 Å². The number of aliphatic hydroxyl groups excluding tert-OH is 1. The molecule has 3 N–H and O–H groups in total. The SMILES string of the molecule is CC1=CC[C@H]2[C@H](C(O)=C3C(=O)N[C@H](Cc4ccc(O)cc4)C3=O)[C@H](C)C=C[C@@H]2C1. The fraction of sp³-hybridized carbons (Fsp3) is 0.417. The predicted octanol–water partition coefficient (Wildman–Crippen LogP) is 3.61. The van der Waals surface area contributed by atoms with Crippen LogP contribution in [0.25, 0.3) is 0 Å². The van der Waals surface area contributed by atoms with Crippen LogP contribution in [0.2, 0.25) is 0 Å². The quantitative estimate of drug-likeness (QED) is 0.317. The molecule has 29 heavy (non-hydrogen) atoms. The van der Waals surface area contributed by atoms with E-state index in [1.54, 1.807) is 24.3 Å². The largest absolute Gasteiger partial charge is 0.511 e. The van der Waals surface area contributed by atoms with Crippen LogP contribution in [0.3, 0.4) is 0 Å². The Bertz CT molecular complexity index is 925. The molecule has 1 heterocycles. The van der Waals surface area contributed by atoms with Gasteiger partial charge in [0.05, 0.1) is 6.04 Å². The molecule has 1 saturated heterocycles. The van der Waals surface area contributed by atoms with Gasteiger partial charge in [0.25, 0.3) is 5.91 Å². The van der Waals surface area contributed by atoms with Crippen molar-refractivity contribution in [2.24, 2.45) is 23.7 Å². The number of allylic oxidation sites excluding steroid dienone is 5. The molecular formula is C24H27NO4. The summed E-state index contributed by atoms with van der Waals surface area (Å²) in [5, 5.41) is 23.3. The molecule has 5 atom stereocenters. The lowest BCUT2D eigenvalue weighted by atomic mass is 9.64. The van der Waals surface area contributed by atoms with Crippen LogP contribution in [0, 0.1) is 23.7 Å². The van der Waals surface area contributed by atoms with Gasteiger partial charge in [0.2, 0.25) is 0 Å². The van der Waals surface area contributed by atoms with Gasteiger partial charge in [-0.1, -0.05) is 42.9 Å². The molecule has 3 aliphatic rings. The highest BCUT2D eigenvalue weighted by Crippen LogP contribution is 2.45. The number of amides is 1. The van der Waals surface area contributed by atoms with Crippen molar-refractivity contribution >= 4 is 11.7 Å². The lowest BCUT2D eigenvalue weighted by molar-refractivity contribution is -0.117. The van der Waals surface area contributed by atoms with E-state index in [0.29, 0.717) is 12.3 Å². The Morgan fingerprint density at radius 1 is 1.17 bits per heavy atom. The first-order valence-corrected chi connectivity index (χ1v) is 10.2. The summed E-state index contributed by atoms with van der Waals surface area (Å²) in [7, 11) is 0. The number of ketones is 1. The highest BCUT2D eigenvalue weighted by Gasteiger charge is 2.44. The van der Waals surface area contributed by atoms with Crippen molar-refractivity contribution in [1.82, 2.24) is 5.32 Å². The third kappa shape index (κ3) is 3.61. The molecule has 1 amide bonds. The summed E-state index contributed by atoms with van der Waals surface area (Å²) >= 11 is 0. The summed E-state index contributed by atoms with van der Waals surface area (Å²) in [4.78, 5) is 25.6. The third-order valence-corrected chi connectivity index (χ3v) is 6.58. The van der Waals surface area contributed by atoms with Crippen LogP contribution in [-0.4, -0.2) is 27.9 Å². The van der Waals surface area contributed by atoms with E-state index in [-0.39, 0.29) is 40.6 Å². The average Bonchev–Trinajstić information content (AvgIpc) is 2.96. The van der Waals surface area contributed by atoms with E-state index in [9.17, 15) is 19.8 Å². The maximum atomic E-state index is 13.0. The number of fused-ring (bicyclic) bond motifs is 1. The van der Waals surface area contributed by atoms with Crippen molar-refractivity contribution in [2.75, 3.05) is 0 Å². The van der Waals surface area contributed by atoms with Gasteiger partial charge in [-0.15, -0.1) is 0 Å². The van der Waals surface area contributed by atoms with Crippen molar-refractivity contribution in [3.63, 3.8) is 0 Å². The van der Waals surface area contributed by atoms with Gasteiger partial charge in [0.1, 0.15) is 17.1 Å². The zero-order chi connectivity index (χ0) is 20.7. The number of benzene rings is 1. The topological polar surface area (TPSA) is 86.6 Å². The average molecular weight is 393 g/mol. The van der Waals surface area contributed by atoms with Gasteiger partial charge in [-0.2, -0.15) is 0 Å². The first-order chi connectivity index (χ1) is 13.8. The molecule has 1 aromatic rings. The molecule has 0 aromatic heterocycles. The van der Waals surface area contributed by atoms with Gasteiger partial charge in [0.15, 0.2) is 5.78 Å². The first kappa shape index (κ1) is 19.5. The van der Waals surface area contributed by atoms with E-state index in [1.165, 1.54) is 5.57 Å². The van der Waals surface area contributed by atoms with Gasteiger partial charge in [-0.3, -0.25) is 9.59 Å². The second-order valence-electron chi connectivity index (χ2n) is 8.61. The van der Waals surface area contributed by atoms with Crippen LogP contribution in [0.4, 0.5) is 0 Å². The number of aliphatic hydroxyl groups is 1. The van der Waals surface area contributed by atoms with E-state index < -0.39 is 11.9 Å². The van der Waals surface area contributed by atoms with Gasteiger partial charge in [0, 0.05) is 12.3 Å². The maximum Gasteiger partial charge on any atom is 0.259 e. The summed E-state index contributed by atoms with van der Waals surface area (Å²) in [6.07, 6.45) is 8.67. The lowest BCUT2D eigenvalue weighted by Crippen LogP contribution is -2.34. The predicted molar refractivity (Wildman–Crippen MR) is 110 cm³/mol. The molecule has 1 aromatic carbocycles. The molecule has 2 aliphatic carbocycles. The molecular weight excluding hydrogens is 366 g/mol. The molecule has 152 valence electrons. The van der Waals surface area contributed by atoms with Gasteiger partial charge in [-0.25, -0.2) is 0 Å². The van der Waals surface area contributed by atoms with Crippen LogP contribution in [-0.2, 0) is 16.0 Å². The fourth-order valence-electron chi connectivity index (χ4n) is 5.02. The molecule has 4 rings (SSSR count). The van der Waals surface area contributed by atoms with E-state index >= 15 is 0 Å². The Balaban J connectivity index is 1.61. The number of hydrogen-bond acceptors (Lipinski definition) is 4. The minimum absolute atomic E-state index is 0.0551.